The molecule has 0 aromatic carbocycles. The molecule has 0 amide bonds. The molecule has 0 aliphatic rings. The van der Waals surface area contributed by atoms with Crippen LogP contribution in [-0.4, -0.2) is 46.0 Å². The molecule has 0 saturated carbocycles. The van der Waals surface area contributed by atoms with E-state index in [1.54, 1.807) is 18.4 Å². The Labute approximate surface area is 138 Å². The van der Waals surface area contributed by atoms with Gasteiger partial charge >= 0.3 is 0 Å². The molecule has 1 aromatic rings. The van der Waals surface area contributed by atoms with E-state index >= 15 is 0 Å². The minimum atomic E-state index is 0.645. The molecule has 6 heteroatoms. The third kappa shape index (κ3) is 8.36. The van der Waals surface area contributed by atoms with Crippen molar-refractivity contribution in [2.75, 3.05) is 40.0 Å². The molecule has 0 saturated heterocycles. The summed E-state index contributed by atoms with van der Waals surface area (Å²) < 4.78 is 10.9. The van der Waals surface area contributed by atoms with Gasteiger partial charge in [0.1, 0.15) is 0 Å². The third-order valence-electron chi connectivity index (χ3n) is 3.16. The molecule has 0 bridgehead atoms. The van der Waals surface area contributed by atoms with Gasteiger partial charge in [0.2, 0.25) is 0 Å². The molecule has 0 spiro atoms. The average Bonchev–Trinajstić information content (AvgIpc) is 2.94. The summed E-state index contributed by atoms with van der Waals surface area (Å²) in [5, 5.41) is 8.66. The van der Waals surface area contributed by atoms with Crippen LogP contribution in [-0.2, 0) is 16.0 Å². The van der Waals surface area contributed by atoms with Crippen molar-refractivity contribution in [3.8, 4) is 0 Å². The van der Waals surface area contributed by atoms with Crippen molar-refractivity contribution in [2.45, 2.75) is 33.2 Å². The van der Waals surface area contributed by atoms with Gasteiger partial charge in [0.25, 0.3) is 0 Å². The van der Waals surface area contributed by atoms with Gasteiger partial charge in [0.05, 0.1) is 26.4 Å². The average molecular weight is 327 g/mol. The van der Waals surface area contributed by atoms with Crippen molar-refractivity contribution in [2.24, 2.45) is 4.99 Å². The summed E-state index contributed by atoms with van der Waals surface area (Å²) in [7, 11) is 1.78. The Bertz CT molecular complexity index is 421. The Hall–Kier alpha value is -1.11. The van der Waals surface area contributed by atoms with Gasteiger partial charge in [0.15, 0.2) is 5.96 Å². The smallest absolute Gasteiger partial charge is 0.191 e. The molecule has 5 nitrogen and oxygen atoms in total. The molecule has 0 atom stereocenters. The van der Waals surface area contributed by atoms with Crippen molar-refractivity contribution >= 4 is 17.3 Å². The monoisotopic (exact) mass is 327 g/mol. The molecule has 1 heterocycles. The van der Waals surface area contributed by atoms with Crippen LogP contribution in [0.2, 0.25) is 0 Å². The summed E-state index contributed by atoms with van der Waals surface area (Å²) >= 11 is 1.76. The molecule has 22 heavy (non-hydrogen) atoms. The molecule has 0 radical (unpaired) electrons. The molecular weight excluding hydrogens is 298 g/mol. The molecule has 0 fully saturated rings. The number of aryl methyl sites for hydroxylation is 1. The van der Waals surface area contributed by atoms with Gasteiger partial charge in [0, 0.05) is 25.1 Å². The Morgan fingerprint density at radius 2 is 1.95 bits per heavy atom. The number of aliphatic imine (C=N–C) groups is 1. The van der Waals surface area contributed by atoms with E-state index in [1.165, 1.54) is 16.9 Å². The van der Waals surface area contributed by atoms with Crippen LogP contribution in [0.25, 0.3) is 0 Å². The number of unbranched alkanes of at least 4 members (excludes halogenated alkanes) is 1. The van der Waals surface area contributed by atoms with Crippen molar-refractivity contribution in [3.63, 3.8) is 0 Å². The Morgan fingerprint density at radius 3 is 2.59 bits per heavy atom. The second kappa shape index (κ2) is 12.4. The molecular formula is C16H29N3O2S. The summed E-state index contributed by atoms with van der Waals surface area (Å²) in [6.45, 7) is 8.61. The van der Waals surface area contributed by atoms with Gasteiger partial charge in [-0.05, 0) is 30.4 Å². The first-order valence-electron chi connectivity index (χ1n) is 7.91. The lowest BCUT2D eigenvalue weighted by Crippen LogP contribution is -2.38. The molecule has 1 rings (SSSR count). The highest BCUT2D eigenvalue weighted by atomic mass is 32.1. The predicted octanol–water partition coefficient (Wildman–Crippen LogP) is 2.55. The minimum Gasteiger partial charge on any atom is -0.379 e. The lowest BCUT2D eigenvalue weighted by atomic mass is 10.3. The van der Waals surface area contributed by atoms with Gasteiger partial charge in [-0.2, -0.15) is 0 Å². The highest BCUT2D eigenvalue weighted by molar-refractivity contribution is 7.10. The van der Waals surface area contributed by atoms with Crippen molar-refractivity contribution in [1.29, 1.82) is 0 Å². The van der Waals surface area contributed by atoms with E-state index in [9.17, 15) is 0 Å². The van der Waals surface area contributed by atoms with E-state index in [4.69, 9.17) is 9.47 Å². The maximum absolute atomic E-state index is 5.51. The molecule has 0 aliphatic heterocycles. The van der Waals surface area contributed by atoms with E-state index in [1.807, 2.05) is 0 Å². The normalized spacial score (nSPS) is 11.7. The highest BCUT2D eigenvalue weighted by Gasteiger charge is 2.01. The fraction of sp³-hybridized carbons (Fsp3) is 0.688. The fourth-order valence-electron chi connectivity index (χ4n) is 1.78. The topological polar surface area (TPSA) is 54.9 Å². The SMILES string of the molecule is CCCCOCCOCCNC(=NC)NCc1sccc1C. The largest absolute Gasteiger partial charge is 0.379 e. The van der Waals surface area contributed by atoms with Crippen LogP contribution in [0.5, 0.6) is 0 Å². The Kier molecular flexibility index (Phi) is 10.7. The molecule has 2 N–H and O–H groups in total. The summed E-state index contributed by atoms with van der Waals surface area (Å²) in [6.07, 6.45) is 2.29. The van der Waals surface area contributed by atoms with Crippen LogP contribution in [0.4, 0.5) is 0 Å². The second-order valence-electron chi connectivity index (χ2n) is 4.96. The van der Waals surface area contributed by atoms with Crippen LogP contribution in [0.3, 0.4) is 0 Å². The lowest BCUT2D eigenvalue weighted by Gasteiger charge is -2.12. The molecule has 0 unspecified atom stereocenters. The Morgan fingerprint density at radius 1 is 1.18 bits per heavy atom. The van der Waals surface area contributed by atoms with Gasteiger partial charge in [-0.1, -0.05) is 13.3 Å². The van der Waals surface area contributed by atoms with Crippen LogP contribution >= 0.6 is 11.3 Å². The second-order valence-corrected chi connectivity index (χ2v) is 5.96. The Balaban J connectivity index is 2.01. The number of hydrogen-bond acceptors (Lipinski definition) is 4. The zero-order chi connectivity index (χ0) is 16.0. The maximum Gasteiger partial charge on any atom is 0.191 e. The minimum absolute atomic E-state index is 0.645. The van der Waals surface area contributed by atoms with Gasteiger partial charge in [-0.3, -0.25) is 4.99 Å². The number of ether oxygens (including phenoxy) is 2. The number of rotatable bonds is 11. The van der Waals surface area contributed by atoms with Crippen LogP contribution in [0.1, 0.15) is 30.2 Å². The highest BCUT2D eigenvalue weighted by Crippen LogP contribution is 2.14. The maximum atomic E-state index is 5.51. The number of guanidine groups is 1. The first-order chi connectivity index (χ1) is 10.8. The number of thiophene rings is 1. The fourth-order valence-corrected chi connectivity index (χ4v) is 2.63. The van der Waals surface area contributed by atoms with Gasteiger partial charge in [-0.15, -0.1) is 11.3 Å². The standard InChI is InChI=1S/C16H29N3O2S/c1-4-5-8-20-10-11-21-9-7-18-16(17-3)19-13-15-14(2)6-12-22-15/h6,12H,4-5,7-11,13H2,1-3H3,(H2,17,18,19). The summed E-state index contributed by atoms with van der Waals surface area (Å²) in [5.41, 5.74) is 1.32. The van der Waals surface area contributed by atoms with E-state index in [0.717, 1.165) is 32.1 Å². The number of nitrogens with zero attached hydrogens (tertiary/aromatic N) is 1. The van der Waals surface area contributed by atoms with Crippen LogP contribution < -0.4 is 10.6 Å². The van der Waals surface area contributed by atoms with Gasteiger partial charge in [-0.25, -0.2) is 0 Å². The van der Waals surface area contributed by atoms with Crippen molar-refractivity contribution in [3.05, 3.63) is 21.9 Å². The number of nitrogens with one attached hydrogen (secondary N) is 2. The predicted molar refractivity (Wildman–Crippen MR) is 93.8 cm³/mol. The van der Waals surface area contributed by atoms with Crippen LogP contribution in [0, 0.1) is 6.92 Å². The van der Waals surface area contributed by atoms with E-state index in [-0.39, 0.29) is 0 Å². The van der Waals surface area contributed by atoms with E-state index in [0.29, 0.717) is 19.8 Å². The lowest BCUT2D eigenvalue weighted by molar-refractivity contribution is 0.0487. The molecule has 126 valence electrons. The summed E-state index contributed by atoms with van der Waals surface area (Å²) in [6, 6.07) is 2.13. The number of hydrogen-bond donors (Lipinski definition) is 2. The molecule has 0 aliphatic carbocycles. The first-order valence-corrected chi connectivity index (χ1v) is 8.78. The van der Waals surface area contributed by atoms with Gasteiger partial charge < -0.3 is 20.1 Å². The molecule has 1 aromatic heterocycles. The zero-order valence-corrected chi connectivity index (χ0v) is 14.8. The quantitative estimate of drug-likeness (QED) is 0.373. The van der Waals surface area contributed by atoms with Crippen LogP contribution in [0.15, 0.2) is 16.4 Å². The van der Waals surface area contributed by atoms with Crippen molar-refractivity contribution in [1.82, 2.24) is 10.6 Å². The first kappa shape index (κ1) is 18.9. The van der Waals surface area contributed by atoms with E-state index in [2.05, 4.69) is 40.9 Å². The van der Waals surface area contributed by atoms with Crippen molar-refractivity contribution < 1.29 is 9.47 Å². The summed E-state index contributed by atoms with van der Waals surface area (Å²) in [5.74, 6) is 0.801. The van der Waals surface area contributed by atoms with E-state index < -0.39 is 0 Å². The third-order valence-corrected chi connectivity index (χ3v) is 4.18. The summed E-state index contributed by atoms with van der Waals surface area (Å²) in [4.78, 5) is 5.54. The zero-order valence-electron chi connectivity index (χ0n) is 14.0.